The average Bonchev–Trinajstić information content (AvgIpc) is 2.22. The molecule has 1 nitrogen and oxygen atoms in total. The van der Waals surface area contributed by atoms with E-state index in [1.54, 1.807) is 0 Å². The minimum Gasteiger partial charge on any atom is -0.316 e. The molecule has 0 spiro atoms. The van der Waals surface area contributed by atoms with Crippen molar-refractivity contribution >= 4 is 23.2 Å². The average molecular weight is 260 g/mol. The van der Waals surface area contributed by atoms with Crippen LogP contribution in [0.5, 0.6) is 0 Å². The minimum atomic E-state index is 0.0728. The summed E-state index contributed by atoms with van der Waals surface area (Å²) in [4.78, 5) is 0. The molecule has 0 saturated heterocycles. The van der Waals surface area contributed by atoms with Gasteiger partial charge >= 0.3 is 0 Å². The topological polar surface area (TPSA) is 12.0 Å². The van der Waals surface area contributed by atoms with Gasteiger partial charge in [-0.25, -0.2) is 0 Å². The first-order valence-electron chi connectivity index (χ1n) is 5.63. The molecule has 1 rings (SSSR count). The van der Waals surface area contributed by atoms with Gasteiger partial charge in [-0.1, -0.05) is 50.0 Å². The summed E-state index contributed by atoms with van der Waals surface area (Å²) < 4.78 is 0. The van der Waals surface area contributed by atoms with Gasteiger partial charge in [-0.2, -0.15) is 0 Å². The van der Waals surface area contributed by atoms with Crippen LogP contribution in [-0.2, 0) is 5.41 Å². The molecule has 1 aromatic rings. The molecule has 0 bridgehead atoms. The van der Waals surface area contributed by atoms with E-state index >= 15 is 0 Å². The Morgan fingerprint density at radius 1 is 1.19 bits per heavy atom. The third-order valence-electron chi connectivity index (χ3n) is 2.69. The van der Waals surface area contributed by atoms with Crippen LogP contribution in [-0.4, -0.2) is 13.1 Å². The molecule has 1 N–H and O–H groups in total. The maximum atomic E-state index is 6.03. The summed E-state index contributed by atoms with van der Waals surface area (Å²) >= 11 is 11.9. The predicted octanol–water partition coefficient (Wildman–Crippen LogP) is 4.27. The van der Waals surface area contributed by atoms with E-state index in [0.29, 0.717) is 10.0 Å². The fourth-order valence-corrected chi connectivity index (χ4v) is 1.89. The number of nitrogens with one attached hydrogen (secondary N) is 1. The first-order chi connectivity index (χ1) is 7.47. The molecule has 0 heterocycles. The normalized spacial score (nSPS) is 11.8. The van der Waals surface area contributed by atoms with Crippen LogP contribution in [0.15, 0.2) is 18.2 Å². The highest BCUT2D eigenvalue weighted by molar-refractivity contribution is 6.42. The van der Waals surface area contributed by atoms with Crippen LogP contribution in [0.1, 0.15) is 32.8 Å². The maximum absolute atomic E-state index is 6.03. The largest absolute Gasteiger partial charge is 0.316 e. The van der Waals surface area contributed by atoms with E-state index in [-0.39, 0.29) is 5.41 Å². The van der Waals surface area contributed by atoms with E-state index in [0.717, 1.165) is 19.5 Å². The van der Waals surface area contributed by atoms with Crippen molar-refractivity contribution in [1.29, 1.82) is 0 Å². The lowest BCUT2D eigenvalue weighted by atomic mass is 9.84. The Labute approximate surface area is 108 Å². The zero-order chi connectivity index (χ0) is 12.2. The predicted molar refractivity (Wildman–Crippen MR) is 72.6 cm³/mol. The molecule has 0 radical (unpaired) electrons. The van der Waals surface area contributed by atoms with E-state index in [1.807, 2.05) is 18.2 Å². The summed E-state index contributed by atoms with van der Waals surface area (Å²) in [5, 5.41) is 4.67. The molecular weight excluding hydrogens is 241 g/mol. The van der Waals surface area contributed by atoms with Gasteiger partial charge in [0.1, 0.15) is 0 Å². The second-order valence-electron chi connectivity index (χ2n) is 4.69. The Hall–Kier alpha value is -0.240. The van der Waals surface area contributed by atoms with Crippen LogP contribution in [0.2, 0.25) is 10.0 Å². The van der Waals surface area contributed by atoms with Crippen molar-refractivity contribution in [3.05, 3.63) is 33.8 Å². The van der Waals surface area contributed by atoms with Gasteiger partial charge in [0.05, 0.1) is 10.0 Å². The van der Waals surface area contributed by atoms with Crippen LogP contribution >= 0.6 is 23.2 Å². The zero-order valence-electron chi connectivity index (χ0n) is 10.1. The van der Waals surface area contributed by atoms with Gasteiger partial charge in [0.2, 0.25) is 0 Å². The Balaban J connectivity index is 2.76. The molecule has 16 heavy (non-hydrogen) atoms. The molecule has 0 aliphatic carbocycles. The molecule has 0 aliphatic heterocycles. The SMILES string of the molecule is CCCNCC(C)(C)c1ccc(Cl)c(Cl)c1. The van der Waals surface area contributed by atoms with E-state index < -0.39 is 0 Å². The highest BCUT2D eigenvalue weighted by Gasteiger charge is 2.20. The van der Waals surface area contributed by atoms with Crippen molar-refractivity contribution < 1.29 is 0 Å². The van der Waals surface area contributed by atoms with E-state index in [4.69, 9.17) is 23.2 Å². The lowest BCUT2D eigenvalue weighted by molar-refractivity contribution is 0.469. The van der Waals surface area contributed by atoms with Crippen molar-refractivity contribution in [2.75, 3.05) is 13.1 Å². The van der Waals surface area contributed by atoms with Crippen LogP contribution < -0.4 is 5.32 Å². The number of benzene rings is 1. The molecule has 0 fully saturated rings. The van der Waals surface area contributed by atoms with Gasteiger partial charge in [-0.05, 0) is 30.7 Å². The lowest BCUT2D eigenvalue weighted by Crippen LogP contribution is -2.33. The summed E-state index contributed by atoms with van der Waals surface area (Å²) in [5.41, 5.74) is 1.29. The van der Waals surface area contributed by atoms with E-state index in [2.05, 4.69) is 26.1 Å². The van der Waals surface area contributed by atoms with Gasteiger partial charge in [0, 0.05) is 12.0 Å². The third-order valence-corrected chi connectivity index (χ3v) is 3.43. The van der Waals surface area contributed by atoms with Crippen LogP contribution in [0.25, 0.3) is 0 Å². The van der Waals surface area contributed by atoms with Crippen molar-refractivity contribution in [2.45, 2.75) is 32.6 Å². The molecule has 0 amide bonds. The molecule has 1 aromatic carbocycles. The summed E-state index contributed by atoms with van der Waals surface area (Å²) in [6.07, 6.45) is 1.15. The second kappa shape index (κ2) is 5.90. The van der Waals surface area contributed by atoms with Crippen LogP contribution in [0, 0.1) is 0 Å². The maximum Gasteiger partial charge on any atom is 0.0595 e. The van der Waals surface area contributed by atoms with Crippen molar-refractivity contribution in [1.82, 2.24) is 5.32 Å². The third kappa shape index (κ3) is 3.65. The van der Waals surface area contributed by atoms with E-state index in [1.165, 1.54) is 5.56 Å². The molecule has 3 heteroatoms. The first kappa shape index (κ1) is 13.8. The second-order valence-corrected chi connectivity index (χ2v) is 5.50. The summed E-state index contributed by atoms with van der Waals surface area (Å²) in [5.74, 6) is 0. The zero-order valence-corrected chi connectivity index (χ0v) is 11.6. The molecule has 0 aromatic heterocycles. The summed E-state index contributed by atoms with van der Waals surface area (Å²) in [7, 11) is 0. The molecule has 0 atom stereocenters. The summed E-state index contributed by atoms with van der Waals surface area (Å²) in [6, 6.07) is 5.86. The van der Waals surface area contributed by atoms with Gasteiger partial charge in [0.25, 0.3) is 0 Å². The number of hydrogen-bond acceptors (Lipinski definition) is 1. The lowest BCUT2D eigenvalue weighted by Gasteiger charge is -2.26. The smallest absolute Gasteiger partial charge is 0.0595 e. The fourth-order valence-electron chi connectivity index (χ4n) is 1.60. The quantitative estimate of drug-likeness (QED) is 0.779. The Kier molecular flexibility index (Phi) is 5.10. The highest BCUT2D eigenvalue weighted by Crippen LogP contribution is 2.29. The monoisotopic (exact) mass is 259 g/mol. The van der Waals surface area contributed by atoms with Crippen molar-refractivity contribution in [3.63, 3.8) is 0 Å². The number of rotatable bonds is 5. The Morgan fingerprint density at radius 2 is 1.88 bits per heavy atom. The number of hydrogen-bond donors (Lipinski definition) is 1. The fraction of sp³-hybridized carbons (Fsp3) is 0.538. The van der Waals surface area contributed by atoms with Crippen molar-refractivity contribution in [2.24, 2.45) is 0 Å². The van der Waals surface area contributed by atoms with Crippen LogP contribution in [0.3, 0.4) is 0 Å². The highest BCUT2D eigenvalue weighted by atomic mass is 35.5. The Bertz CT molecular complexity index is 348. The van der Waals surface area contributed by atoms with Gasteiger partial charge in [0.15, 0.2) is 0 Å². The first-order valence-corrected chi connectivity index (χ1v) is 6.39. The van der Waals surface area contributed by atoms with Gasteiger partial charge in [-0.3, -0.25) is 0 Å². The number of halogens is 2. The molecule has 0 unspecified atom stereocenters. The molecule has 0 saturated carbocycles. The molecular formula is C13H19Cl2N. The van der Waals surface area contributed by atoms with Crippen LogP contribution in [0.4, 0.5) is 0 Å². The Morgan fingerprint density at radius 3 is 2.44 bits per heavy atom. The van der Waals surface area contributed by atoms with Gasteiger partial charge in [-0.15, -0.1) is 0 Å². The van der Waals surface area contributed by atoms with Gasteiger partial charge < -0.3 is 5.32 Å². The molecule has 0 aliphatic rings. The van der Waals surface area contributed by atoms with Crippen molar-refractivity contribution in [3.8, 4) is 0 Å². The molecule has 90 valence electrons. The minimum absolute atomic E-state index is 0.0728. The summed E-state index contributed by atoms with van der Waals surface area (Å²) in [6.45, 7) is 8.56. The van der Waals surface area contributed by atoms with E-state index in [9.17, 15) is 0 Å². The standard InChI is InChI=1S/C13H19Cl2N/c1-4-7-16-9-13(2,3)10-5-6-11(14)12(15)8-10/h5-6,8,16H,4,7,9H2,1-3H3.